The van der Waals surface area contributed by atoms with E-state index in [1.165, 1.54) is 0 Å². The van der Waals surface area contributed by atoms with Crippen molar-refractivity contribution in [3.8, 4) is 11.1 Å². The number of rotatable bonds is 0. The molecule has 1 atom stereocenters. The quantitative estimate of drug-likeness (QED) is 0.443. The maximum atomic E-state index is 14.1. The summed E-state index contributed by atoms with van der Waals surface area (Å²) in [5.41, 5.74) is 4.15. The predicted molar refractivity (Wildman–Crippen MR) is 88.1 cm³/mol. The van der Waals surface area contributed by atoms with Crippen LogP contribution in [0.2, 0.25) is 0 Å². The number of hydrogen-bond acceptors (Lipinski definition) is 2. The van der Waals surface area contributed by atoms with Gasteiger partial charge in [-0.15, -0.1) is 0 Å². The smallest absolute Gasteiger partial charge is 0.176 e. The molecule has 2 aliphatic heterocycles. The zero-order valence-electron chi connectivity index (χ0n) is 11.2. The Balaban J connectivity index is 2.02. The van der Waals surface area contributed by atoms with E-state index in [1.807, 2.05) is 54.6 Å². The topological polar surface area (TPSA) is 29.1 Å². The molecule has 0 saturated heterocycles. The van der Waals surface area contributed by atoms with Gasteiger partial charge >= 0.3 is 0 Å². The van der Waals surface area contributed by atoms with Crippen molar-refractivity contribution in [2.24, 2.45) is 0 Å². The molecule has 2 nitrogen and oxygen atoms in total. The van der Waals surface area contributed by atoms with E-state index in [4.69, 9.17) is 0 Å². The third kappa shape index (κ3) is 1.22. The lowest BCUT2D eigenvalue weighted by atomic mass is 10.1. The van der Waals surface area contributed by atoms with Crippen molar-refractivity contribution < 1.29 is 4.57 Å². The van der Waals surface area contributed by atoms with Gasteiger partial charge in [-0.2, -0.15) is 0 Å². The minimum absolute atomic E-state index is 0.926. The molecule has 0 radical (unpaired) electrons. The molecule has 0 spiro atoms. The zero-order valence-corrected chi connectivity index (χ0v) is 12.1. The Morgan fingerprint density at radius 3 is 2.24 bits per heavy atom. The summed E-state index contributed by atoms with van der Waals surface area (Å²) in [5, 5.41) is 6.32. The summed E-state index contributed by atoms with van der Waals surface area (Å²) in [6.07, 6.45) is 0. The van der Waals surface area contributed by atoms with Crippen molar-refractivity contribution in [2.75, 3.05) is 5.32 Å². The lowest BCUT2D eigenvalue weighted by molar-refractivity contribution is 0.593. The molecule has 0 amide bonds. The van der Waals surface area contributed by atoms with Gasteiger partial charge < -0.3 is 9.88 Å². The van der Waals surface area contributed by atoms with Crippen LogP contribution in [0.25, 0.3) is 11.1 Å². The van der Waals surface area contributed by atoms with Crippen molar-refractivity contribution in [3.63, 3.8) is 0 Å². The van der Waals surface area contributed by atoms with Crippen LogP contribution in [0.15, 0.2) is 66.7 Å². The van der Waals surface area contributed by atoms with Gasteiger partial charge in [0.25, 0.3) is 0 Å². The molecule has 2 aliphatic rings. The van der Waals surface area contributed by atoms with Crippen molar-refractivity contribution in [1.82, 2.24) is 0 Å². The normalized spacial score (nSPS) is 20.2. The van der Waals surface area contributed by atoms with E-state index in [-0.39, 0.29) is 0 Å². The molecule has 100 valence electrons. The highest BCUT2D eigenvalue weighted by atomic mass is 31.2. The highest BCUT2D eigenvalue weighted by Gasteiger charge is 2.45. The molecule has 1 unspecified atom stereocenters. The van der Waals surface area contributed by atoms with Gasteiger partial charge in [0.2, 0.25) is 0 Å². The van der Waals surface area contributed by atoms with E-state index in [2.05, 4.69) is 17.4 Å². The van der Waals surface area contributed by atoms with Gasteiger partial charge in [-0.25, -0.2) is 0 Å². The number of benzene rings is 3. The van der Waals surface area contributed by atoms with E-state index >= 15 is 0 Å². The van der Waals surface area contributed by atoms with Gasteiger partial charge in [-0.1, -0.05) is 48.5 Å². The van der Waals surface area contributed by atoms with E-state index in [0.717, 1.165) is 38.4 Å². The number of para-hydroxylation sites is 1. The Morgan fingerprint density at radius 2 is 1.33 bits per heavy atom. The first kappa shape index (κ1) is 11.4. The highest BCUT2D eigenvalue weighted by Crippen LogP contribution is 2.57. The SMILES string of the molecule is O=P12c3ccccc3Nc3cccc(c31)-c1ccccc12. The Bertz CT molecular complexity index is 961. The average Bonchev–Trinajstić information content (AvgIpc) is 2.80. The minimum atomic E-state index is -2.73. The largest absolute Gasteiger partial charge is 0.354 e. The number of hydrogen-bond donors (Lipinski definition) is 1. The van der Waals surface area contributed by atoms with E-state index in [9.17, 15) is 4.57 Å². The van der Waals surface area contributed by atoms with E-state index < -0.39 is 7.14 Å². The molecule has 5 rings (SSSR count). The molecule has 21 heavy (non-hydrogen) atoms. The van der Waals surface area contributed by atoms with Crippen molar-refractivity contribution >= 4 is 34.4 Å². The molecule has 2 heterocycles. The summed E-state index contributed by atoms with van der Waals surface area (Å²) in [7, 11) is -2.73. The van der Waals surface area contributed by atoms with Crippen LogP contribution in [0, 0.1) is 0 Å². The van der Waals surface area contributed by atoms with Gasteiger partial charge in [0.05, 0.1) is 11.0 Å². The second-order valence-electron chi connectivity index (χ2n) is 5.47. The third-order valence-electron chi connectivity index (χ3n) is 4.40. The maximum Gasteiger partial charge on any atom is 0.176 e. The van der Waals surface area contributed by atoms with Crippen molar-refractivity contribution in [1.29, 1.82) is 0 Å². The van der Waals surface area contributed by atoms with Crippen LogP contribution in [-0.2, 0) is 4.57 Å². The summed E-state index contributed by atoms with van der Waals surface area (Å²) in [6.45, 7) is 0. The van der Waals surface area contributed by atoms with Crippen LogP contribution in [0.4, 0.5) is 11.4 Å². The first-order valence-corrected chi connectivity index (χ1v) is 8.71. The first-order valence-electron chi connectivity index (χ1n) is 7.00. The zero-order chi connectivity index (χ0) is 14.0. The van der Waals surface area contributed by atoms with E-state index in [0.29, 0.717) is 0 Å². The lowest BCUT2D eigenvalue weighted by Crippen LogP contribution is -2.29. The van der Waals surface area contributed by atoms with Gasteiger partial charge in [0.1, 0.15) is 0 Å². The van der Waals surface area contributed by atoms with Gasteiger partial charge in [0, 0.05) is 16.3 Å². The van der Waals surface area contributed by atoms with E-state index in [1.54, 1.807) is 0 Å². The standard InChI is InChI=1S/C18H12NOP/c20-21-16-10-3-1-6-12(16)13-7-5-9-15(18(13)21)19-14-8-2-4-11-17(14)21/h1-11,19H. The van der Waals surface area contributed by atoms with Crippen LogP contribution in [-0.4, -0.2) is 0 Å². The number of nitrogens with one attached hydrogen (secondary N) is 1. The molecule has 0 aromatic heterocycles. The highest BCUT2D eigenvalue weighted by molar-refractivity contribution is 7.87. The Kier molecular flexibility index (Phi) is 1.98. The average molecular weight is 289 g/mol. The molecule has 3 aromatic rings. The molecule has 0 saturated carbocycles. The Labute approximate surface area is 122 Å². The minimum Gasteiger partial charge on any atom is -0.354 e. The predicted octanol–water partition coefficient (Wildman–Crippen LogP) is 3.36. The Morgan fingerprint density at radius 1 is 0.667 bits per heavy atom. The summed E-state index contributed by atoms with van der Waals surface area (Å²) in [4.78, 5) is 0. The fourth-order valence-corrected chi connectivity index (χ4v) is 6.89. The molecule has 0 aliphatic carbocycles. The molecule has 1 N–H and O–H groups in total. The van der Waals surface area contributed by atoms with Crippen LogP contribution < -0.4 is 21.2 Å². The van der Waals surface area contributed by atoms with Crippen molar-refractivity contribution in [3.05, 3.63) is 66.7 Å². The van der Waals surface area contributed by atoms with Gasteiger partial charge in [-0.05, 0) is 29.3 Å². The molecular formula is C18H12NOP. The van der Waals surface area contributed by atoms with Crippen LogP contribution >= 0.6 is 7.14 Å². The molecule has 3 heteroatoms. The van der Waals surface area contributed by atoms with Crippen LogP contribution in [0.3, 0.4) is 0 Å². The van der Waals surface area contributed by atoms with Crippen LogP contribution in [0.1, 0.15) is 0 Å². The van der Waals surface area contributed by atoms with Gasteiger partial charge in [-0.3, -0.25) is 0 Å². The Hall–Kier alpha value is -2.31. The number of fused-ring (bicyclic) bond motifs is 5. The molecule has 0 bridgehead atoms. The summed E-state index contributed by atoms with van der Waals surface area (Å²) in [6, 6.07) is 22.2. The second kappa shape index (κ2) is 3.66. The summed E-state index contributed by atoms with van der Waals surface area (Å²) < 4.78 is 14.1. The monoisotopic (exact) mass is 289 g/mol. The summed E-state index contributed by atoms with van der Waals surface area (Å²) in [5.74, 6) is 0. The maximum absolute atomic E-state index is 14.1. The second-order valence-corrected chi connectivity index (χ2v) is 8.10. The molecule has 3 aromatic carbocycles. The third-order valence-corrected chi connectivity index (χ3v) is 7.65. The lowest BCUT2D eigenvalue weighted by Gasteiger charge is -2.27. The fraction of sp³-hybridized carbons (Fsp3) is 0. The number of anilines is 2. The molecule has 0 fully saturated rings. The van der Waals surface area contributed by atoms with Crippen LogP contribution in [0.5, 0.6) is 0 Å². The first-order chi connectivity index (χ1) is 10.3. The summed E-state index contributed by atoms with van der Waals surface area (Å²) >= 11 is 0. The molecular weight excluding hydrogens is 277 g/mol. The fourth-order valence-electron chi connectivity index (χ4n) is 3.55. The van der Waals surface area contributed by atoms with Gasteiger partial charge in [0.15, 0.2) is 7.14 Å². The van der Waals surface area contributed by atoms with Crippen molar-refractivity contribution in [2.45, 2.75) is 0 Å².